The van der Waals surface area contributed by atoms with Gasteiger partial charge >= 0.3 is 5.63 Å². The Balaban J connectivity index is 2.06. The first-order valence-corrected chi connectivity index (χ1v) is 6.73. The van der Waals surface area contributed by atoms with Gasteiger partial charge in [-0.3, -0.25) is 0 Å². The Morgan fingerprint density at radius 2 is 1.76 bits per heavy atom. The normalized spacial score (nSPS) is 11.3. The van der Waals surface area contributed by atoms with E-state index >= 15 is 0 Å². The van der Waals surface area contributed by atoms with Gasteiger partial charge in [0.15, 0.2) is 0 Å². The molecule has 0 aliphatic rings. The third kappa shape index (κ3) is 1.86. The van der Waals surface area contributed by atoms with Crippen LogP contribution in [0.25, 0.3) is 33.1 Å². The smallest absolute Gasteiger partial charge is 0.344 e. The van der Waals surface area contributed by atoms with Gasteiger partial charge in [0.2, 0.25) is 0 Å². The second-order valence-electron chi connectivity index (χ2n) is 5.13. The highest BCUT2D eigenvalue weighted by Crippen LogP contribution is 2.30. The number of benzene rings is 2. The van der Waals surface area contributed by atoms with Crippen molar-refractivity contribution in [1.82, 2.24) is 0 Å². The Morgan fingerprint density at radius 3 is 2.67 bits per heavy atom. The van der Waals surface area contributed by atoms with Gasteiger partial charge in [-0.05, 0) is 31.2 Å². The molecule has 4 aromatic rings. The summed E-state index contributed by atoms with van der Waals surface area (Å²) < 4.78 is 10.9. The quantitative estimate of drug-likeness (QED) is 0.480. The molecule has 0 radical (unpaired) electrons. The van der Waals surface area contributed by atoms with Gasteiger partial charge in [0.05, 0.1) is 11.8 Å². The molecule has 3 heteroatoms. The average Bonchev–Trinajstić information content (AvgIpc) is 2.89. The molecular weight excluding hydrogens is 264 g/mol. The van der Waals surface area contributed by atoms with Crippen LogP contribution in [0.15, 0.2) is 68.4 Å². The first-order valence-electron chi connectivity index (χ1n) is 6.73. The lowest BCUT2D eigenvalue weighted by atomic mass is 10.0. The van der Waals surface area contributed by atoms with Gasteiger partial charge in [0, 0.05) is 16.3 Å². The zero-order chi connectivity index (χ0) is 14.4. The number of para-hydroxylation sites is 1. The molecule has 102 valence electrons. The molecule has 2 heterocycles. The van der Waals surface area contributed by atoms with Crippen molar-refractivity contribution < 1.29 is 8.83 Å². The molecular formula is C18H12O3. The van der Waals surface area contributed by atoms with E-state index in [-0.39, 0.29) is 5.63 Å². The molecule has 0 saturated heterocycles. The fraction of sp³-hybridized carbons (Fsp3) is 0.0556. The summed E-state index contributed by atoms with van der Waals surface area (Å²) in [5, 5.41) is 1.83. The molecule has 0 aliphatic heterocycles. The molecule has 2 aromatic carbocycles. The van der Waals surface area contributed by atoms with Crippen molar-refractivity contribution in [2.24, 2.45) is 0 Å². The van der Waals surface area contributed by atoms with Crippen LogP contribution in [0.4, 0.5) is 0 Å². The van der Waals surface area contributed by atoms with Crippen LogP contribution in [0.5, 0.6) is 0 Å². The Bertz CT molecular complexity index is 1020. The SMILES string of the molecule is Cc1ccc2occ(-c3cc4ccccc4oc3=O)c2c1. The van der Waals surface area contributed by atoms with Crippen molar-refractivity contribution in [1.29, 1.82) is 0 Å². The minimum atomic E-state index is -0.349. The molecule has 2 aromatic heterocycles. The number of hydrogen-bond donors (Lipinski definition) is 0. The van der Waals surface area contributed by atoms with Gasteiger partial charge in [-0.2, -0.15) is 0 Å². The molecule has 0 spiro atoms. The van der Waals surface area contributed by atoms with Gasteiger partial charge in [0.1, 0.15) is 11.2 Å². The van der Waals surface area contributed by atoms with Crippen LogP contribution in [0, 0.1) is 6.92 Å². The summed E-state index contributed by atoms with van der Waals surface area (Å²) in [4.78, 5) is 12.3. The minimum absolute atomic E-state index is 0.349. The lowest BCUT2D eigenvalue weighted by Crippen LogP contribution is -2.02. The van der Waals surface area contributed by atoms with E-state index in [1.165, 1.54) is 0 Å². The molecule has 0 bridgehead atoms. The van der Waals surface area contributed by atoms with Crippen molar-refractivity contribution in [3.63, 3.8) is 0 Å². The van der Waals surface area contributed by atoms with Gasteiger partial charge in [0.25, 0.3) is 0 Å². The van der Waals surface area contributed by atoms with Crippen LogP contribution in [0.2, 0.25) is 0 Å². The summed E-state index contributed by atoms with van der Waals surface area (Å²) in [5.74, 6) is 0. The van der Waals surface area contributed by atoms with Crippen molar-refractivity contribution in [3.8, 4) is 11.1 Å². The molecule has 0 unspecified atom stereocenters. The summed E-state index contributed by atoms with van der Waals surface area (Å²) >= 11 is 0. The highest BCUT2D eigenvalue weighted by Gasteiger charge is 2.13. The second kappa shape index (κ2) is 4.35. The highest BCUT2D eigenvalue weighted by molar-refractivity contribution is 5.95. The van der Waals surface area contributed by atoms with Crippen molar-refractivity contribution in [3.05, 3.63) is 70.8 Å². The molecule has 3 nitrogen and oxygen atoms in total. The van der Waals surface area contributed by atoms with E-state index in [2.05, 4.69) is 0 Å². The van der Waals surface area contributed by atoms with Crippen LogP contribution >= 0.6 is 0 Å². The zero-order valence-electron chi connectivity index (χ0n) is 11.4. The number of rotatable bonds is 1. The van der Waals surface area contributed by atoms with E-state index in [0.717, 1.165) is 27.5 Å². The average molecular weight is 276 g/mol. The van der Waals surface area contributed by atoms with Crippen LogP contribution in [-0.2, 0) is 0 Å². The summed E-state index contributed by atoms with van der Waals surface area (Å²) in [6, 6.07) is 15.3. The van der Waals surface area contributed by atoms with E-state index in [4.69, 9.17) is 8.83 Å². The van der Waals surface area contributed by atoms with Crippen molar-refractivity contribution in [2.75, 3.05) is 0 Å². The van der Waals surface area contributed by atoms with E-state index < -0.39 is 0 Å². The van der Waals surface area contributed by atoms with E-state index in [0.29, 0.717) is 11.1 Å². The fourth-order valence-electron chi connectivity index (χ4n) is 2.60. The standard InChI is InChI=1S/C18H12O3/c1-11-6-7-17-13(8-11)15(10-20-17)14-9-12-4-2-3-5-16(12)21-18(14)19/h2-10H,1H3. The minimum Gasteiger partial charge on any atom is -0.464 e. The second-order valence-corrected chi connectivity index (χ2v) is 5.13. The number of fused-ring (bicyclic) bond motifs is 2. The number of hydrogen-bond acceptors (Lipinski definition) is 3. The maximum atomic E-state index is 12.3. The Labute approximate surface area is 120 Å². The summed E-state index contributed by atoms with van der Waals surface area (Å²) in [7, 11) is 0. The first kappa shape index (κ1) is 12.0. The van der Waals surface area contributed by atoms with E-state index in [9.17, 15) is 4.79 Å². The summed E-state index contributed by atoms with van der Waals surface area (Å²) in [6.07, 6.45) is 1.62. The summed E-state index contributed by atoms with van der Waals surface area (Å²) in [5.41, 5.74) is 3.43. The predicted octanol–water partition coefficient (Wildman–Crippen LogP) is 4.51. The van der Waals surface area contributed by atoms with Crippen LogP contribution in [0.1, 0.15) is 5.56 Å². The maximum absolute atomic E-state index is 12.3. The fourth-order valence-corrected chi connectivity index (χ4v) is 2.60. The van der Waals surface area contributed by atoms with Crippen molar-refractivity contribution >= 4 is 21.9 Å². The maximum Gasteiger partial charge on any atom is 0.344 e. The molecule has 0 saturated carbocycles. The molecule has 0 fully saturated rings. The topological polar surface area (TPSA) is 43.4 Å². The Hall–Kier alpha value is -2.81. The van der Waals surface area contributed by atoms with Crippen LogP contribution in [0.3, 0.4) is 0 Å². The van der Waals surface area contributed by atoms with Gasteiger partial charge in [-0.15, -0.1) is 0 Å². The van der Waals surface area contributed by atoms with Gasteiger partial charge in [-0.1, -0.05) is 29.8 Å². The zero-order valence-corrected chi connectivity index (χ0v) is 11.4. The molecule has 4 rings (SSSR count). The van der Waals surface area contributed by atoms with E-state index in [1.54, 1.807) is 12.3 Å². The monoisotopic (exact) mass is 276 g/mol. The van der Waals surface area contributed by atoms with Gasteiger partial charge < -0.3 is 8.83 Å². The number of furan rings is 1. The Morgan fingerprint density at radius 1 is 0.905 bits per heavy atom. The largest absolute Gasteiger partial charge is 0.464 e. The number of aryl methyl sites for hydroxylation is 1. The third-order valence-corrected chi connectivity index (χ3v) is 3.66. The molecule has 21 heavy (non-hydrogen) atoms. The van der Waals surface area contributed by atoms with Crippen LogP contribution < -0.4 is 5.63 Å². The summed E-state index contributed by atoms with van der Waals surface area (Å²) in [6.45, 7) is 2.01. The van der Waals surface area contributed by atoms with E-state index in [1.807, 2.05) is 49.4 Å². The molecule has 0 atom stereocenters. The molecule has 0 aliphatic carbocycles. The van der Waals surface area contributed by atoms with Gasteiger partial charge in [-0.25, -0.2) is 4.79 Å². The lowest BCUT2D eigenvalue weighted by molar-refractivity contribution is 0.563. The third-order valence-electron chi connectivity index (χ3n) is 3.66. The Kier molecular flexibility index (Phi) is 2.48. The molecule has 0 N–H and O–H groups in total. The highest BCUT2D eigenvalue weighted by atomic mass is 16.4. The predicted molar refractivity (Wildman–Crippen MR) is 82.4 cm³/mol. The lowest BCUT2D eigenvalue weighted by Gasteiger charge is -2.01. The molecule has 0 amide bonds. The van der Waals surface area contributed by atoms with Crippen LogP contribution in [-0.4, -0.2) is 0 Å². The van der Waals surface area contributed by atoms with Crippen molar-refractivity contribution in [2.45, 2.75) is 6.92 Å². The first-order chi connectivity index (χ1) is 10.2.